The Bertz CT molecular complexity index is 425. The van der Waals surface area contributed by atoms with Gasteiger partial charge in [0.15, 0.2) is 6.29 Å². The highest BCUT2D eigenvalue weighted by molar-refractivity contribution is 6.86. The Morgan fingerprint density at radius 3 is 1.84 bits per heavy atom. The minimum atomic E-state index is -2.26. The summed E-state index contributed by atoms with van der Waals surface area (Å²) in [4.78, 5) is 11.3. The van der Waals surface area contributed by atoms with Crippen LogP contribution in [0.4, 0.5) is 0 Å². The van der Waals surface area contributed by atoms with Gasteiger partial charge in [0.2, 0.25) is 22.9 Å². The SMILES string of the molecule is C=CC(=O)OC(C)OC(CC)[Si](C)(C)O[Si](C)(C)C(CC)OC(C)O. The average molecular weight is 393 g/mol. The van der Waals surface area contributed by atoms with Crippen LogP contribution in [0.2, 0.25) is 26.2 Å². The van der Waals surface area contributed by atoms with Gasteiger partial charge in [-0.3, -0.25) is 0 Å². The van der Waals surface area contributed by atoms with Crippen LogP contribution < -0.4 is 0 Å². The van der Waals surface area contributed by atoms with Crippen LogP contribution in [0.3, 0.4) is 0 Å². The zero-order chi connectivity index (χ0) is 19.8. The lowest BCUT2D eigenvalue weighted by molar-refractivity contribution is -0.173. The minimum absolute atomic E-state index is 0.104. The third-order valence-electron chi connectivity index (χ3n) is 3.98. The molecule has 148 valence electrons. The Labute approximate surface area is 154 Å². The van der Waals surface area contributed by atoms with Gasteiger partial charge in [0.05, 0.1) is 11.5 Å². The molecule has 0 amide bonds. The first-order valence-corrected chi connectivity index (χ1v) is 14.9. The van der Waals surface area contributed by atoms with Gasteiger partial charge in [-0.1, -0.05) is 20.4 Å². The summed E-state index contributed by atoms with van der Waals surface area (Å²) in [6.45, 7) is 19.2. The van der Waals surface area contributed by atoms with E-state index in [4.69, 9.17) is 18.3 Å². The lowest BCUT2D eigenvalue weighted by Crippen LogP contribution is -2.59. The Kier molecular flexibility index (Phi) is 10.4. The van der Waals surface area contributed by atoms with E-state index in [1.807, 2.05) is 13.8 Å². The molecule has 0 aliphatic heterocycles. The summed E-state index contributed by atoms with van der Waals surface area (Å²) in [6, 6.07) is 0. The predicted molar refractivity (Wildman–Crippen MR) is 104 cm³/mol. The lowest BCUT2D eigenvalue weighted by Gasteiger charge is -2.42. The number of carbonyl (C=O) groups is 1. The van der Waals surface area contributed by atoms with Gasteiger partial charge in [-0.2, -0.15) is 0 Å². The zero-order valence-corrected chi connectivity index (χ0v) is 19.0. The van der Waals surface area contributed by atoms with E-state index in [1.54, 1.807) is 13.8 Å². The fourth-order valence-corrected chi connectivity index (χ4v) is 12.5. The topological polar surface area (TPSA) is 74.2 Å². The van der Waals surface area contributed by atoms with E-state index in [-0.39, 0.29) is 11.5 Å². The van der Waals surface area contributed by atoms with Crippen molar-refractivity contribution in [2.24, 2.45) is 0 Å². The van der Waals surface area contributed by atoms with Crippen LogP contribution in [-0.4, -0.2) is 51.7 Å². The summed E-state index contributed by atoms with van der Waals surface area (Å²) in [5.74, 6) is -0.506. The van der Waals surface area contributed by atoms with Crippen LogP contribution in [-0.2, 0) is 23.1 Å². The number of aliphatic hydroxyl groups excluding tert-OH is 1. The van der Waals surface area contributed by atoms with Crippen molar-refractivity contribution in [1.29, 1.82) is 0 Å². The second-order valence-corrected chi connectivity index (χ2v) is 15.7. The maximum atomic E-state index is 11.3. The van der Waals surface area contributed by atoms with Gasteiger partial charge >= 0.3 is 5.97 Å². The summed E-state index contributed by atoms with van der Waals surface area (Å²) < 4.78 is 23.4. The van der Waals surface area contributed by atoms with Gasteiger partial charge in [-0.15, -0.1) is 0 Å². The van der Waals surface area contributed by atoms with Crippen molar-refractivity contribution in [3.05, 3.63) is 12.7 Å². The predicted octanol–water partition coefficient (Wildman–Crippen LogP) is 3.50. The van der Waals surface area contributed by atoms with Gasteiger partial charge in [0.1, 0.15) is 0 Å². The molecule has 0 spiro atoms. The molecule has 0 fully saturated rings. The first-order chi connectivity index (χ1) is 11.4. The highest BCUT2D eigenvalue weighted by Gasteiger charge is 2.44. The average Bonchev–Trinajstić information content (AvgIpc) is 2.48. The standard InChI is InChI=1S/C17H36O6Si2/c1-10-15(19)21-14(5)22-17(12-3)25(8,9)23-24(6,7)16(11-2)20-13(4)18/h10,13-14,16-18H,1,11-12H2,2-9H3. The maximum Gasteiger partial charge on any atom is 0.332 e. The number of esters is 1. The molecule has 4 atom stereocenters. The lowest BCUT2D eigenvalue weighted by atomic mass is 10.5. The van der Waals surface area contributed by atoms with Crippen molar-refractivity contribution in [2.75, 3.05) is 0 Å². The van der Waals surface area contributed by atoms with Gasteiger partial charge in [-0.05, 0) is 52.9 Å². The second kappa shape index (κ2) is 10.6. The summed E-state index contributed by atoms with van der Waals surface area (Å²) in [7, 11) is -4.49. The summed E-state index contributed by atoms with van der Waals surface area (Å²) >= 11 is 0. The number of ether oxygens (including phenoxy) is 3. The van der Waals surface area contributed by atoms with Crippen molar-refractivity contribution in [2.45, 2.75) is 90.8 Å². The largest absolute Gasteiger partial charge is 0.452 e. The van der Waals surface area contributed by atoms with E-state index < -0.39 is 35.2 Å². The fraction of sp³-hybridized carbons (Fsp3) is 0.824. The molecular weight excluding hydrogens is 356 g/mol. The number of hydrogen-bond acceptors (Lipinski definition) is 6. The molecular formula is C17H36O6Si2. The van der Waals surface area contributed by atoms with Crippen molar-refractivity contribution in [3.8, 4) is 0 Å². The molecule has 25 heavy (non-hydrogen) atoms. The minimum Gasteiger partial charge on any atom is -0.452 e. The van der Waals surface area contributed by atoms with Crippen molar-refractivity contribution >= 4 is 22.6 Å². The van der Waals surface area contributed by atoms with E-state index in [0.717, 1.165) is 18.9 Å². The Hall–Kier alpha value is -0.516. The monoisotopic (exact) mass is 392 g/mol. The molecule has 0 saturated heterocycles. The van der Waals surface area contributed by atoms with Crippen molar-refractivity contribution < 1.29 is 28.2 Å². The highest BCUT2D eigenvalue weighted by atomic mass is 28.4. The summed E-state index contributed by atoms with van der Waals surface area (Å²) in [5.41, 5.74) is -0.233. The normalized spacial score (nSPS) is 17.5. The fourth-order valence-electron chi connectivity index (χ4n) is 3.02. The molecule has 0 rings (SSSR count). The first-order valence-electron chi connectivity index (χ1n) is 8.91. The molecule has 8 heteroatoms. The van der Waals surface area contributed by atoms with E-state index in [9.17, 15) is 9.90 Å². The summed E-state index contributed by atoms with van der Waals surface area (Å²) in [5, 5.41) is 9.57. The summed E-state index contributed by atoms with van der Waals surface area (Å²) in [6.07, 6.45) is 1.18. The van der Waals surface area contributed by atoms with Crippen LogP contribution in [0.5, 0.6) is 0 Å². The molecule has 0 heterocycles. The first kappa shape index (κ1) is 24.5. The maximum absolute atomic E-state index is 11.3. The number of rotatable bonds is 12. The van der Waals surface area contributed by atoms with Crippen LogP contribution in [0.15, 0.2) is 12.7 Å². The smallest absolute Gasteiger partial charge is 0.332 e. The van der Waals surface area contributed by atoms with E-state index in [2.05, 4.69) is 32.8 Å². The number of carbonyl (C=O) groups excluding carboxylic acids is 1. The Morgan fingerprint density at radius 1 is 1.04 bits per heavy atom. The van der Waals surface area contributed by atoms with Gasteiger partial charge in [0, 0.05) is 6.08 Å². The van der Waals surface area contributed by atoms with Gasteiger partial charge in [-0.25, -0.2) is 4.79 Å². The third kappa shape index (κ3) is 8.61. The third-order valence-corrected chi connectivity index (χ3v) is 12.4. The van der Waals surface area contributed by atoms with Gasteiger partial charge in [0.25, 0.3) is 0 Å². The quantitative estimate of drug-likeness (QED) is 0.237. The van der Waals surface area contributed by atoms with Gasteiger partial charge < -0.3 is 23.4 Å². The molecule has 0 aliphatic rings. The molecule has 0 aromatic rings. The zero-order valence-electron chi connectivity index (χ0n) is 17.0. The van der Waals surface area contributed by atoms with Crippen LogP contribution in [0.1, 0.15) is 40.5 Å². The van der Waals surface area contributed by atoms with E-state index >= 15 is 0 Å². The molecule has 0 aliphatic carbocycles. The number of aliphatic hydroxyl groups is 1. The van der Waals surface area contributed by atoms with Crippen molar-refractivity contribution in [1.82, 2.24) is 0 Å². The van der Waals surface area contributed by atoms with E-state index in [0.29, 0.717) is 0 Å². The molecule has 0 radical (unpaired) electrons. The molecule has 0 bridgehead atoms. The Morgan fingerprint density at radius 2 is 1.48 bits per heavy atom. The second-order valence-electron chi connectivity index (χ2n) is 7.18. The molecule has 1 N–H and O–H groups in total. The molecule has 0 aromatic heterocycles. The number of hydrogen-bond donors (Lipinski definition) is 1. The molecule has 0 aromatic carbocycles. The van der Waals surface area contributed by atoms with Crippen LogP contribution in [0.25, 0.3) is 0 Å². The van der Waals surface area contributed by atoms with Crippen LogP contribution >= 0.6 is 0 Å². The van der Waals surface area contributed by atoms with E-state index in [1.165, 1.54) is 0 Å². The highest BCUT2D eigenvalue weighted by Crippen LogP contribution is 2.27. The van der Waals surface area contributed by atoms with Crippen molar-refractivity contribution in [3.63, 3.8) is 0 Å². The molecule has 4 unspecified atom stereocenters. The molecule has 0 saturated carbocycles. The molecule has 6 nitrogen and oxygen atoms in total. The Balaban J connectivity index is 5.08. The van der Waals surface area contributed by atoms with Crippen LogP contribution in [0, 0.1) is 0 Å².